The highest BCUT2D eigenvalue weighted by Crippen LogP contribution is 2.27. The van der Waals surface area contributed by atoms with Gasteiger partial charge in [-0.3, -0.25) is 0 Å². The number of benzene rings is 4. The van der Waals surface area contributed by atoms with E-state index in [0.717, 1.165) is 16.2 Å². The summed E-state index contributed by atoms with van der Waals surface area (Å²) in [4.78, 5) is 0.137. The largest absolute Gasteiger partial charge is 0.387 e. The number of aliphatic hydroxyl groups is 1. The maximum absolute atomic E-state index is 12.9. The molecule has 0 amide bonds. The lowest BCUT2D eigenvalue weighted by Gasteiger charge is -2.16. The van der Waals surface area contributed by atoms with Crippen molar-refractivity contribution in [2.75, 3.05) is 6.54 Å². The third kappa shape index (κ3) is 3.62. The SMILES string of the molecule is O=S(=O)(NCC(O)c1cccc2ccccc12)c1cccc2ccc(Cl)cc12. The Morgan fingerprint density at radius 3 is 2.36 bits per heavy atom. The zero-order valence-electron chi connectivity index (χ0n) is 14.8. The Hall–Kier alpha value is -2.44. The summed E-state index contributed by atoms with van der Waals surface area (Å²) in [5.41, 5.74) is 0.682. The fourth-order valence-electron chi connectivity index (χ4n) is 3.37. The van der Waals surface area contributed by atoms with Gasteiger partial charge in [0.25, 0.3) is 0 Å². The highest BCUT2D eigenvalue weighted by molar-refractivity contribution is 7.89. The summed E-state index contributed by atoms with van der Waals surface area (Å²) in [5, 5.41) is 14.3. The second-order valence-electron chi connectivity index (χ2n) is 6.56. The second kappa shape index (κ2) is 7.53. The van der Waals surface area contributed by atoms with Crippen molar-refractivity contribution in [3.63, 3.8) is 0 Å². The molecule has 1 unspecified atom stereocenters. The molecule has 0 bridgehead atoms. The molecule has 28 heavy (non-hydrogen) atoms. The molecular formula is C22H18ClNO3S. The molecule has 4 aromatic rings. The molecule has 0 saturated carbocycles. The average molecular weight is 412 g/mol. The van der Waals surface area contributed by atoms with E-state index in [1.165, 1.54) is 6.07 Å². The molecular weight excluding hydrogens is 394 g/mol. The van der Waals surface area contributed by atoms with E-state index in [1.807, 2.05) is 42.5 Å². The number of hydrogen-bond acceptors (Lipinski definition) is 3. The summed E-state index contributed by atoms with van der Waals surface area (Å²) in [7, 11) is -3.83. The molecule has 0 saturated heterocycles. The van der Waals surface area contributed by atoms with Crippen molar-refractivity contribution in [1.29, 1.82) is 0 Å². The lowest BCUT2D eigenvalue weighted by Crippen LogP contribution is -2.28. The highest BCUT2D eigenvalue weighted by Gasteiger charge is 2.20. The molecule has 1 atom stereocenters. The van der Waals surface area contributed by atoms with Crippen molar-refractivity contribution < 1.29 is 13.5 Å². The Bertz CT molecular complexity index is 1270. The number of rotatable bonds is 5. The third-order valence-electron chi connectivity index (χ3n) is 4.74. The Morgan fingerprint density at radius 1 is 0.857 bits per heavy atom. The van der Waals surface area contributed by atoms with Gasteiger partial charge >= 0.3 is 0 Å². The van der Waals surface area contributed by atoms with Crippen molar-refractivity contribution in [2.24, 2.45) is 0 Å². The van der Waals surface area contributed by atoms with E-state index in [-0.39, 0.29) is 11.4 Å². The molecule has 2 N–H and O–H groups in total. The van der Waals surface area contributed by atoms with Crippen molar-refractivity contribution in [3.8, 4) is 0 Å². The van der Waals surface area contributed by atoms with Gasteiger partial charge in [0.15, 0.2) is 0 Å². The molecule has 0 aliphatic heterocycles. The van der Waals surface area contributed by atoms with E-state index in [0.29, 0.717) is 16.0 Å². The van der Waals surface area contributed by atoms with Gasteiger partial charge in [0.1, 0.15) is 0 Å². The van der Waals surface area contributed by atoms with Gasteiger partial charge in [-0.25, -0.2) is 13.1 Å². The maximum Gasteiger partial charge on any atom is 0.241 e. The summed E-state index contributed by atoms with van der Waals surface area (Å²) >= 11 is 6.05. The van der Waals surface area contributed by atoms with Crippen LogP contribution in [0.2, 0.25) is 5.02 Å². The second-order valence-corrected chi connectivity index (χ2v) is 8.73. The van der Waals surface area contributed by atoms with E-state index in [4.69, 9.17) is 11.6 Å². The quantitative estimate of drug-likeness (QED) is 0.502. The van der Waals surface area contributed by atoms with Gasteiger partial charge in [0, 0.05) is 17.0 Å². The van der Waals surface area contributed by atoms with Crippen LogP contribution < -0.4 is 4.72 Å². The fourth-order valence-corrected chi connectivity index (χ4v) is 4.80. The van der Waals surface area contributed by atoms with Crippen LogP contribution in [0.5, 0.6) is 0 Å². The standard InChI is InChI=1S/C22H18ClNO3S/c23-17-12-11-16-7-4-10-22(20(16)13-17)28(26,27)24-14-21(25)19-9-3-6-15-5-1-2-8-18(15)19/h1-13,21,24-25H,14H2. The van der Waals surface area contributed by atoms with Crippen LogP contribution in [0.25, 0.3) is 21.5 Å². The zero-order chi connectivity index (χ0) is 19.7. The first-order valence-electron chi connectivity index (χ1n) is 8.79. The Labute approximate surface area is 168 Å². The maximum atomic E-state index is 12.9. The van der Waals surface area contributed by atoms with E-state index in [1.54, 1.807) is 30.3 Å². The number of nitrogens with one attached hydrogen (secondary N) is 1. The molecule has 0 heterocycles. The Kier molecular flexibility index (Phi) is 5.08. The van der Waals surface area contributed by atoms with Gasteiger partial charge in [-0.1, -0.05) is 72.3 Å². The lowest BCUT2D eigenvalue weighted by atomic mass is 10.0. The minimum absolute atomic E-state index is 0.132. The first-order valence-corrected chi connectivity index (χ1v) is 10.7. The minimum Gasteiger partial charge on any atom is -0.387 e. The van der Waals surface area contributed by atoms with Crippen LogP contribution >= 0.6 is 11.6 Å². The Morgan fingerprint density at radius 2 is 1.54 bits per heavy atom. The van der Waals surface area contributed by atoms with Gasteiger partial charge in [-0.15, -0.1) is 0 Å². The molecule has 0 spiro atoms. The Balaban J connectivity index is 1.63. The molecule has 4 nitrogen and oxygen atoms in total. The molecule has 0 radical (unpaired) electrons. The van der Waals surface area contributed by atoms with Gasteiger partial charge in [-0.2, -0.15) is 0 Å². The smallest absolute Gasteiger partial charge is 0.241 e. The van der Waals surface area contributed by atoms with Crippen molar-refractivity contribution >= 4 is 43.2 Å². The molecule has 0 aromatic heterocycles. The zero-order valence-corrected chi connectivity index (χ0v) is 16.4. The third-order valence-corrected chi connectivity index (χ3v) is 6.46. The van der Waals surface area contributed by atoms with Gasteiger partial charge in [-0.05, 0) is 39.9 Å². The summed E-state index contributed by atoms with van der Waals surface area (Å²) in [6.45, 7) is -0.132. The van der Waals surface area contributed by atoms with Crippen LogP contribution in [0.15, 0.2) is 83.8 Å². The fraction of sp³-hybridized carbons (Fsp3) is 0.0909. The van der Waals surface area contributed by atoms with Gasteiger partial charge in [0.2, 0.25) is 10.0 Å². The van der Waals surface area contributed by atoms with E-state index < -0.39 is 16.1 Å². The molecule has 4 aromatic carbocycles. The van der Waals surface area contributed by atoms with Crippen LogP contribution in [0.1, 0.15) is 11.7 Å². The summed E-state index contributed by atoms with van der Waals surface area (Å²) in [6.07, 6.45) is -0.973. The van der Waals surface area contributed by atoms with Crippen LogP contribution in [-0.2, 0) is 10.0 Å². The normalized spacial score (nSPS) is 13.1. The molecule has 4 rings (SSSR count). The lowest BCUT2D eigenvalue weighted by molar-refractivity contribution is 0.183. The summed E-state index contributed by atoms with van der Waals surface area (Å²) in [6, 6.07) is 23.5. The van der Waals surface area contributed by atoms with Crippen LogP contribution in [0.3, 0.4) is 0 Å². The molecule has 0 aliphatic rings. The van der Waals surface area contributed by atoms with Gasteiger partial charge < -0.3 is 5.11 Å². The summed E-state index contributed by atoms with van der Waals surface area (Å²) < 4.78 is 28.3. The predicted molar refractivity (Wildman–Crippen MR) is 113 cm³/mol. The van der Waals surface area contributed by atoms with E-state index in [9.17, 15) is 13.5 Å². The van der Waals surface area contributed by atoms with Crippen LogP contribution in [0.4, 0.5) is 0 Å². The van der Waals surface area contributed by atoms with E-state index >= 15 is 0 Å². The van der Waals surface area contributed by atoms with E-state index in [2.05, 4.69) is 4.72 Å². The predicted octanol–water partition coefficient (Wildman–Crippen LogP) is 4.66. The molecule has 0 fully saturated rings. The number of hydrogen-bond donors (Lipinski definition) is 2. The first-order chi connectivity index (χ1) is 13.5. The number of sulfonamides is 1. The molecule has 142 valence electrons. The molecule has 0 aliphatic carbocycles. The topological polar surface area (TPSA) is 66.4 Å². The number of fused-ring (bicyclic) bond motifs is 2. The first kappa shape index (κ1) is 18.9. The van der Waals surface area contributed by atoms with Crippen LogP contribution in [-0.4, -0.2) is 20.1 Å². The van der Waals surface area contributed by atoms with Crippen molar-refractivity contribution in [3.05, 3.63) is 89.4 Å². The number of halogens is 1. The minimum atomic E-state index is -3.83. The van der Waals surface area contributed by atoms with Crippen molar-refractivity contribution in [1.82, 2.24) is 4.72 Å². The van der Waals surface area contributed by atoms with Crippen molar-refractivity contribution in [2.45, 2.75) is 11.0 Å². The monoisotopic (exact) mass is 411 g/mol. The molecule has 6 heteroatoms. The average Bonchev–Trinajstić information content (AvgIpc) is 2.71. The number of aliphatic hydroxyl groups excluding tert-OH is 1. The van der Waals surface area contributed by atoms with Crippen LogP contribution in [0, 0.1) is 0 Å². The van der Waals surface area contributed by atoms with Gasteiger partial charge in [0.05, 0.1) is 11.0 Å². The highest BCUT2D eigenvalue weighted by atomic mass is 35.5. The summed E-state index contributed by atoms with van der Waals surface area (Å²) in [5.74, 6) is 0.